The number of epoxide rings is 1. The Morgan fingerprint density at radius 1 is 1.08 bits per heavy atom. The summed E-state index contributed by atoms with van der Waals surface area (Å²) in [4.78, 5) is 0. The fraction of sp³-hybridized carbons (Fsp3) is 0.905. The fourth-order valence-electron chi connectivity index (χ4n) is 8.28. The molecule has 0 amide bonds. The Balaban J connectivity index is 1.46. The van der Waals surface area contributed by atoms with Gasteiger partial charge in [-0.2, -0.15) is 0 Å². The highest BCUT2D eigenvalue weighted by Gasteiger charge is 2.82. The van der Waals surface area contributed by atoms with Crippen LogP contribution in [0, 0.1) is 34.5 Å². The number of ether oxygens (including phenoxy) is 2. The molecule has 24 heavy (non-hydrogen) atoms. The Kier molecular flexibility index (Phi) is 2.47. The van der Waals surface area contributed by atoms with Crippen LogP contribution in [0.25, 0.3) is 0 Å². The lowest BCUT2D eigenvalue weighted by Crippen LogP contribution is -2.61. The molecule has 4 fully saturated rings. The summed E-state index contributed by atoms with van der Waals surface area (Å²) in [7, 11) is 0. The molecule has 1 N–H and O–H groups in total. The lowest BCUT2D eigenvalue weighted by Gasteiger charge is -2.61. The van der Waals surface area contributed by atoms with Gasteiger partial charge in [0.1, 0.15) is 18.0 Å². The van der Waals surface area contributed by atoms with Gasteiger partial charge >= 0.3 is 0 Å². The molecule has 3 nitrogen and oxygen atoms in total. The quantitative estimate of drug-likeness (QED) is 0.739. The molecule has 2 heterocycles. The summed E-state index contributed by atoms with van der Waals surface area (Å²) >= 11 is 0. The summed E-state index contributed by atoms with van der Waals surface area (Å²) in [6, 6.07) is 0. The monoisotopic (exact) mass is 330 g/mol. The van der Waals surface area contributed by atoms with Gasteiger partial charge in [0.05, 0.1) is 5.57 Å². The largest absolute Gasteiger partial charge is 0.457 e. The Labute approximate surface area is 144 Å². The molecule has 0 unspecified atom stereocenters. The highest BCUT2D eigenvalue weighted by atomic mass is 16.8. The van der Waals surface area contributed by atoms with Crippen molar-refractivity contribution < 1.29 is 14.6 Å². The predicted octanol–water partition coefficient (Wildman–Crippen LogP) is 4.01. The maximum Gasteiger partial charge on any atom is 0.264 e. The number of rotatable bonds is 1. The van der Waals surface area contributed by atoms with E-state index in [1.54, 1.807) is 0 Å². The van der Waals surface area contributed by atoms with Crippen LogP contribution in [0.4, 0.5) is 0 Å². The second-order valence-corrected chi connectivity index (χ2v) is 10.0. The van der Waals surface area contributed by atoms with Crippen molar-refractivity contribution in [1.29, 1.82) is 0 Å². The SMILES string of the molecule is CC[C@H]1CC[C@H]2[C@@H]3[C@@H]4O[C@]45OC4=C5[C@](C)(CC[C@@H]4O)[C@H]3CC[C@]12C. The van der Waals surface area contributed by atoms with Crippen LogP contribution < -0.4 is 0 Å². The van der Waals surface area contributed by atoms with Crippen molar-refractivity contribution in [2.45, 2.75) is 83.7 Å². The van der Waals surface area contributed by atoms with Crippen LogP contribution in [0.2, 0.25) is 0 Å². The molecular weight excluding hydrogens is 300 g/mol. The standard InChI is InChI=1S/C21H30O3/c1-4-11-5-6-12-15-13(7-9-19(11,12)2)20(3)10-8-14(22)16-17(20)21(23-16)18(15)24-21/h11-15,18,22H,4-10H2,1-3H3/t11-,12-,13-,14-,15-,18-,19+,20+,21-/m0/s1. The number of fused-ring (bicyclic) bond motifs is 5. The highest BCUT2D eigenvalue weighted by Crippen LogP contribution is 2.77. The van der Waals surface area contributed by atoms with E-state index in [1.807, 2.05) is 0 Å². The molecule has 6 aliphatic rings. The highest BCUT2D eigenvalue weighted by molar-refractivity contribution is 5.47. The molecule has 0 radical (unpaired) electrons. The maximum absolute atomic E-state index is 10.3. The van der Waals surface area contributed by atoms with E-state index >= 15 is 0 Å². The average molecular weight is 330 g/mol. The molecule has 1 spiro atoms. The first-order valence-corrected chi connectivity index (χ1v) is 10.3. The molecule has 132 valence electrons. The molecule has 0 bridgehead atoms. The van der Waals surface area contributed by atoms with Crippen molar-refractivity contribution in [3.63, 3.8) is 0 Å². The van der Waals surface area contributed by atoms with Gasteiger partial charge in [0.25, 0.3) is 5.79 Å². The first kappa shape index (κ1) is 14.6. The number of aliphatic hydroxyl groups is 1. The minimum atomic E-state index is -0.408. The van der Waals surface area contributed by atoms with Gasteiger partial charge in [0.15, 0.2) is 0 Å². The summed E-state index contributed by atoms with van der Waals surface area (Å²) in [5, 5.41) is 10.3. The van der Waals surface area contributed by atoms with E-state index in [4.69, 9.17) is 9.47 Å². The molecule has 3 saturated carbocycles. The molecular formula is C21H30O3. The Hall–Kier alpha value is -0.540. The van der Waals surface area contributed by atoms with Gasteiger partial charge in [-0.1, -0.05) is 27.2 Å². The van der Waals surface area contributed by atoms with Crippen molar-refractivity contribution in [2.24, 2.45) is 34.5 Å². The van der Waals surface area contributed by atoms with Gasteiger partial charge in [-0.3, -0.25) is 0 Å². The van der Waals surface area contributed by atoms with E-state index in [1.165, 1.54) is 37.7 Å². The van der Waals surface area contributed by atoms with E-state index < -0.39 is 5.79 Å². The van der Waals surface area contributed by atoms with Gasteiger partial charge in [-0.05, 0) is 67.6 Å². The lowest BCUT2D eigenvalue weighted by atomic mass is 9.45. The third-order valence-corrected chi connectivity index (χ3v) is 9.48. The van der Waals surface area contributed by atoms with Crippen molar-refractivity contribution in [3.05, 3.63) is 11.3 Å². The van der Waals surface area contributed by atoms with Crippen LogP contribution in [0.1, 0.15) is 65.7 Å². The summed E-state index contributed by atoms with van der Waals surface area (Å²) < 4.78 is 12.5. The second kappa shape index (κ2) is 4.06. The molecule has 9 atom stereocenters. The van der Waals surface area contributed by atoms with Gasteiger partial charge in [-0.25, -0.2) is 0 Å². The fourth-order valence-corrected chi connectivity index (χ4v) is 8.28. The molecule has 0 aromatic carbocycles. The summed E-state index contributed by atoms with van der Waals surface area (Å²) in [5.74, 6) is 3.59. The zero-order valence-corrected chi connectivity index (χ0v) is 15.2. The van der Waals surface area contributed by atoms with Gasteiger partial charge in [0, 0.05) is 5.41 Å². The van der Waals surface area contributed by atoms with Crippen LogP contribution in [0.15, 0.2) is 11.3 Å². The summed E-state index contributed by atoms with van der Waals surface area (Å²) in [6.45, 7) is 7.42. The van der Waals surface area contributed by atoms with E-state index in [-0.39, 0.29) is 17.6 Å². The number of hydrogen-bond donors (Lipinski definition) is 1. The Bertz CT molecular complexity index is 655. The van der Waals surface area contributed by atoms with E-state index in [0.717, 1.165) is 36.4 Å². The zero-order chi connectivity index (χ0) is 16.5. The van der Waals surface area contributed by atoms with E-state index in [9.17, 15) is 5.11 Å². The van der Waals surface area contributed by atoms with Gasteiger partial charge < -0.3 is 14.6 Å². The molecule has 1 saturated heterocycles. The third kappa shape index (κ3) is 1.32. The van der Waals surface area contributed by atoms with Crippen molar-refractivity contribution >= 4 is 0 Å². The third-order valence-electron chi connectivity index (χ3n) is 9.48. The van der Waals surface area contributed by atoms with E-state index in [0.29, 0.717) is 11.3 Å². The van der Waals surface area contributed by atoms with Crippen LogP contribution in [0.5, 0.6) is 0 Å². The van der Waals surface area contributed by atoms with Crippen molar-refractivity contribution in [1.82, 2.24) is 0 Å². The number of aliphatic hydroxyl groups excluding tert-OH is 1. The average Bonchev–Trinajstić information content (AvgIpc) is 3.19. The Morgan fingerprint density at radius 2 is 1.92 bits per heavy atom. The molecule has 3 heteroatoms. The normalized spacial score (nSPS) is 62.7. The van der Waals surface area contributed by atoms with Gasteiger partial charge in [-0.15, -0.1) is 0 Å². The molecule has 0 aromatic heterocycles. The maximum atomic E-state index is 10.3. The molecule has 0 aromatic rings. The molecule has 6 rings (SSSR count). The van der Waals surface area contributed by atoms with Gasteiger partial charge in [0.2, 0.25) is 0 Å². The first-order valence-electron chi connectivity index (χ1n) is 10.3. The zero-order valence-electron chi connectivity index (χ0n) is 15.2. The minimum absolute atomic E-state index is 0.204. The first-order chi connectivity index (χ1) is 11.5. The lowest BCUT2D eigenvalue weighted by molar-refractivity contribution is -0.136. The van der Waals surface area contributed by atoms with Crippen molar-refractivity contribution in [2.75, 3.05) is 0 Å². The summed E-state index contributed by atoms with van der Waals surface area (Å²) in [6.07, 6.45) is 8.71. The summed E-state index contributed by atoms with van der Waals surface area (Å²) in [5.41, 5.74) is 2.09. The molecule has 4 aliphatic carbocycles. The van der Waals surface area contributed by atoms with E-state index in [2.05, 4.69) is 20.8 Å². The van der Waals surface area contributed by atoms with Crippen LogP contribution in [0.3, 0.4) is 0 Å². The van der Waals surface area contributed by atoms with Crippen LogP contribution >= 0.6 is 0 Å². The predicted molar refractivity (Wildman–Crippen MR) is 89.9 cm³/mol. The smallest absolute Gasteiger partial charge is 0.264 e. The van der Waals surface area contributed by atoms with Crippen LogP contribution in [-0.2, 0) is 9.47 Å². The molecule has 2 aliphatic heterocycles. The Morgan fingerprint density at radius 3 is 2.71 bits per heavy atom. The topological polar surface area (TPSA) is 42.0 Å². The van der Waals surface area contributed by atoms with Crippen molar-refractivity contribution in [3.8, 4) is 0 Å². The minimum Gasteiger partial charge on any atom is -0.457 e. The second-order valence-electron chi connectivity index (χ2n) is 10.0. The van der Waals surface area contributed by atoms with Crippen LogP contribution in [-0.4, -0.2) is 23.1 Å². The number of hydrogen-bond acceptors (Lipinski definition) is 3.